The first-order chi connectivity index (χ1) is 12.5. The van der Waals surface area contributed by atoms with E-state index in [1.165, 1.54) is 7.11 Å². The van der Waals surface area contributed by atoms with Crippen molar-refractivity contribution in [3.05, 3.63) is 53.6 Å². The van der Waals surface area contributed by atoms with Gasteiger partial charge in [0.15, 0.2) is 0 Å². The van der Waals surface area contributed by atoms with Gasteiger partial charge in [-0.1, -0.05) is 0 Å². The molecule has 0 fully saturated rings. The van der Waals surface area contributed by atoms with Crippen LogP contribution in [0.25, 0.3) is 0 Å². The molecule has 2 aromatic carbocycles. The van der Waals surface area contributed by atoms with Crippen LogP contribution in [0, 0.1) is 11.3 Å². The van der Waals surface area contributed by atoms with Crippen LogP contribution in [0.4, 0.5) is 5.69 Å². The Morgan fingerprint density at radius 2 is 1.92 bits per heavy atom. The highest BCUT2D eigenvalue weighted by atomic mass is 16.5. The number of nitrogens with one attached hydrogen (secondary N) is 1. The topological polar surface area (TPSA) is 80.6 Å². The molecule has 0 aromatic heterocycles. The fourth-order valence-corrected chi connectivity index (χ4v) is 2.25. The van der Waals surface area contributed by atoms with Crippen LogP contribution in [0.15, 0.2) is 42.5 Å². The molecule has 136 valence electrons. The van der Waals surface area contributed by atoms with Crippen molar-refractivity contribution < 1.29 is 19.0 Å². The third-order valence-corrected chi connectivity index (χ3v) is 3.43. The number of anilines is 1. The van der Waals surface area contributed by atoms with Crippen LogP contribution in [0.5, 0.6) is 11.5 Å². The van der Waals surface area contributed by atoms with Gasteiger partial charge in [-0.05, 0) is 56.3 Å². The number of carbonyl (C=O) groups is 1. The van der Waals surface area contributed by atoms with Gasteiger partial charge in [0, 0.05) is 6.54 Å². The van der Waals surface area contributed by atoms with Gasteiger partial charge in [0.25, 0.3) is 0 Å². The summed E-state index contributed by atoms with van der Waals surface area (Å²) in [7, 11) is 1.35. The Labute approximate surface area is 153 Å². The first-order valence-corrected chi connectivity index (χ1v) is 8.29. The van der Waals surface area contributed by atoms with Crippen molar-refractivity contribution in [2.45, 2.75) is 20.0 Å². The quantitative estimate of drug-likeness (QED) is 0.576. The highest BCUT2D eigenvalue weighted by molar-refractivity contribution is 5.91. The molecule has 0 spiro atoms. The van der Waals surface area contributed by atoms with Crippen molar-refractivity contribution in [1.29, 1.82) is 5.26 Å². The molecule has 1 N–H and O–H groups in total. The Bertz CT molecular complexity index is 779. The smallest absolute Gasteiger partial charge is 0.337 e. The molecule has 26 heavy (non-hydrogen) atoms. The van der Waals surface area contributed by atoms with E-state index in [1.54, 1.807) is 42.5 Å². The molecule has 0 heterocycles. The Kier molecular flexibility index (Phi) is 6.86. The summed E-state index contributed by atoms with van der Waals surface area (Å²) < 4.78 is 16.2. The molecule has 6 heteroatoms. The zero-order chi connectivity index (χ0) is 18.9. The second-order valence-corrected chi connectivity index (χ2v) is 5.78. The van der Waals surface area contributed by atoms with E-state index in [0.717, 1.165) is 0 Å². The molecule has 0 radical (unpaired) electrons. The van der Waals surface area contributed by atoms with Crippen LogP contribution in [0.2, 0.25) is 0 Å². The van der Waals surface area contributed by atoms with Gasteiger partial charge in [0.1, 0.15) is 18.1 Å². The van der Waals surface area contributed by atoms with Crippen LogP contribution < -0.4 is 14.8 Å². The highest BCUT2D eigenvalue weighted by Gasteiger charge is 2.11. The second kappa shape index (κ2) is 9.33. The molecule has 0 unspecified atom stereocenters. The van der Waals surface area contributed by atoms with Crippen molar-refractivity contribution in [2.24, 2.45) is 0 Å². The van der Waals surface area contributed by atoms with Crippen molar-refractivity contribution in [3.63, 3.8) is 0 Å². The summed E-state index contributed by atoms with van der Waals surface area (Å²) in [6.07, 6.45) is 0.00873. The minimum Gasteiger partial charge on any atom is -0.492 e. The van der Waals surface area contributed by atoms with E-state index in [1.807, 2.05) is 13.8 Å². The molecule has 2 aromatic rings. The Hall–Kier alpha value is -3.20. The molecule has 0 amide bonds. The molecule has 0 aliphatic carbocycles. The van der Waals surface area contributed by atoms with Crippen LogP contribution in [0.1, 0.15) is 29.8 Å². The van der Waals surface area contributed by atoms with E-state index in [9.17, 15) is 4.79 Å². The summed E-state index contributed by atoms with van der Waals surface area (Å²) in [6, 6.07) is 14.1. The van der Waals surface area contributed by atoms with Gasteiger partial charge in [-0.2, -0.15) is 5.26 Å². The first-order valence-electron chi connectivity index (χ1n) is 8.29. The Morgan fingerprint density at radius 1 is 1.19 bits per heavy atom. The summed E-state index contributed by atoms with van der Waals surface area (Å²) >= 11 is 0. The zero-order valence-electron chi connectivity index (χ0n) is 15.1. The second-order valence-electron chi connectivity index (χ2n) is 5.78. The SMILES string of the molecule is COC(=O)c1ccc(OC(C)C)c(NCCOc2ccc(C#N)cc2)c1. The number of rotatable bonds is 8. The van der Waals surface area contributed by atoms with E-state index in [4.69, 9.17) is 19.5 Å². The van der Waals surface area contributed by atoms with Crippen molar-refractivity contribution in [3.8, 4) is 17.6 Å². The van der Waals surface area contributed by atoms with Crippen molar-refractivity contribution >= 4 is 11.7 Å². The molecule has 6 nitrogen and oxygen atoms in total. The fourth-order valence-electron chi connectivity index (χ4n) is 2.25. The van der Waals surface area contributed by atoms with Gasteiger partial charge in [-0.3, -0.25) is 0 Å². The number of methoxy groups -OCH3 is 1. The van der Waals surface area contributed by atoms with E-state index in [0.29, 0.717) is 41.5 Å². The molecule has 0 atom stereocenters. The van der Waals surface area contributed by atoms with E-state index in [2.05, 4.69) is 11.4 Å². The monoisotopic (exact) mass is 354 g/mol. The van der Waals surface area contributed by atoms with Crippen molar-refractivity contribution in [2.75, 3.05) is 25.6 Å². The molecular weight excluding hydrogens is 332 g/mol. The summed E-state index contributed by atoms with van der Waals surface area (Å²) in [5, 5.41) is 12.0. The number of hydrogen-bond donors (Lipinski definition) is 1. The average molecular weight is 354 g/mol. The number of nitrogens with zero attached hydrogens (tertiary/aromatic N) is 1. The predicted octanol–water partition coefficient (Wildman–Crippen LogP) is 3.62. The molecular formula is C20H22N2O4. The molecule has 0 aliphatic rings. The summed E-state index contributed by atoms with van der Waals surface area (Å²) in [4.78, 5) is 11.7. The lowest BCUT2D eigenvalue weighted by Gasteiger charge is -2.16. The van der Waals surface area contributed by atoms with Crippen LogP contribution in [-0.2, 0) is 4.74 Å². The summed E-state index contributed by atoms with van der Waals surface area (Å²) in [5.74, 6) is 0.941. The molecule has 2 rings (SSSR count). The third kappa shape index (κ3) is 5.42. The lowest BCUT2D eigenvalue weighted by molar-refractivity contribution is 0.0600. The predicted molar refractivity (Wildman–Crippen MR) is 98.7 cm³/mol. The summed E-state index contributed by atoms with van der Waals surface area (Å²) in [6.45, 7) is 4.80. The molecule has 0 aliphatic heterocycles. The minimum absolute atomic E-state index is 0.00873. The average Bonchev–Trinajstić information content (AvgIpc) is 2.65. The first kappa shape index (κ1) is 19.1. The van der Waals surface area contributed by atoms with Gasteiger partial charge < -0.3 is 19.5 Å². The highest BCUT2D eigenvalue weighted by Crippen LogP contribution is 2.27. The van der Waals surface area contributed by atoms with Gasteiger partial charge >= 0.3 is 5.97 Å². The van der Waals surface area contributed by atoms with E-state index >= 15 is 0 Å². The van der Waals surface area contributed by atoms with Gasteiger partial charge in [0.2, 0.25) is 0 Å². The maximum absolute atomic E-state index is 11.7. The fraction of sp³-hybridized carbons (Fsp3) is 0.300. The number of nitriles is 1. The van der Waals surface area contributed by atoms with Gasteiger partial charge in [-0.15, -0.1) is 0 Å². The Morgan fingerprint density at radius 3 is 2.54 bits per heavy atom. The Balaban J connectivity index is 1.99. The van der Waals surface area contributed by atoms with E-state index in [-0.39, 0.29) is 6.10 Å². The molecule has 0 saturated heterocycles. The number of carbonyl (C=O) groups excluding carboxylic acids is 1. The maximum atomic E-state index is 11.7. The van der Waals surface area contributed by atoms with Crippen LogP contribution >= 0.6 is 0 Å². The lowest BCUT2D eigenvalue weighted by atomic mass is 10.2. The van der Waals surface area contributed by atoms with Crippen molar-refractivity contribution in [1.82, 2.24) is 0 Å². The standard InChI is InChI=1S/C20H22N2O4/c1-14(2)26-19-9-6-16(20(23)24-3)12-18(19)22-10-11-25-17-7-4-15(13-21)5-8-17/h4-9,12,14,22H,10-11H2,1-3H3. The zero-order valence-corrected chi connectivity index (χ0v) is 15.1. The number of ether oxygens (including phenoxy) is 3. The minimum atomic E-state index is -0.405. The van der Waals surface area contributed by atoms with Crippen LogP contribution in [-0.4, -0.2) is 32.3 Å². The molecule has 0 bridgehead atoms. The van der Waals surface area contributed by atoms with E-state index < -0.39 is 5.97 Å². The van der Waals surface area contributed by atoms with Gasteiger partial charge in [0.05, 0.1) is 36.1 Å². The van der Waals surface area contributed by atoms with Crippen LogP contribution in [0.3, 0.4) is 0 Å². The largest absolute Gasteiger partial charge is 0.492 e. The number of hydrogen-bond acceptors (Lipinski definition) is 6. The number of benzene rings is 2. The van der Waals surface area contributed by atoms with Gasteiger partial charge in [-0.25, -0.2) is 4.79 Å². The maximum Gasteiger partial charge on any atom is 0.337 e. The summed E-state index contributed by atoms with van der Waals surface area (Å²) in [5.41, 5.74) is 1.73. The number of esters is 1. The molecule has 0 saturated carbocycles. The lowest BCUT2D eigenvalue weighted by Crippen LogP contribution is -2.14. The third-order valence-electron chi connectivity index (χ3n) is 3.43. The normalized spacial score (nSPS) is 10.1.